The van der Waals surface area contributed by atoms with E-state index in [9.17, 15) is 19.7 Å². The molecule has 0 bridgehead atoms. The molecule has 3 N–H and O–H groups in total. The minimum absolute atomic E-state index is 0.0617. The Labute approximate surface area is 127 Å². The Morgan fingerprint density at radius 1 is 1.32 bits per heavy atom. The Morgan fingerprint density at radius 3 is 2.50 bits per heavy atom. The highest BCUT2D eigenvalue weighted by Gasteiger charge is 2.13. The van der Waals surface area contributed by atoms with Crippen LogP contribution in [-0.2, 0) is 9.53 Å². The fourth-order valence-corrected chi connectivity index (χ4v) is 1.80. The summed E-state index contributed by atoms with van der Waals surface area (Å²) in [6.07, 6.45) is 1.83. The maximum absolute atomic E-state index is 11.8. The number of esters is 1. The second-order valence-corrected chi connectivity index (χ2v) is 4.69. The van der Waals surface area contributed by atoms with Gasteiger partial charge in [-0.15, -0.1) is 0 Å². The Bertz CT molecular complexity index is 530. The SMILES string of the molecule is COC(=O)C(N)CCCCNC(=O)c1ccc([N+](=O)[O-])cc1. The molecule has 22 heavy (non-hydrogen) atoms. The first kappa shape index (κ1) is 17.6. The summed E-state index contributed by atoms with van der Waals surface area (Å²) in [4.78, 5) is 32.9. The third-order valence-electron chi connectivity index (χ3n) is 3.07. The number of nitro groups is 1. The van der Waals surface area contributed by atoms with Crippen LogP contribution in [0.15, 0.2) is 24.3 Å². The minimum atomic E-state index is -0.643. The van der Waals surface area contributed by atoms with Gasteiger partial charge in [0.1, 0.15) is 6.04 Å². The van der Waals surface area contributed by atoms with Gasteiger partial charge in [-0.05, 0) is 31.4 Å². The van der Waals surface area contributed by atoms with Gasteiger partial charge in [0.25, 0.3) is 11.6 Å². The van der Waals surface area contributed by atoms with Crippen molar-refractivity contribution in [3.8, 4) is 0 Å². The highest BCUT2D eigenvalue weighted by molar-refractivity contribution is 5.94. The predicted octanol–water partition coefficient (Wildman–Crippen LogP) is 0.995. The summed E-state index contributed by atoms with van der Waals surface area (Å²) >= 11 is 0. The van der Waals surface area contributed by atoms with Gasteiger partial charge in [-0.3, -0.25) is 19.7 Å². The number of unbranched alkanes of at least 4 members (excludes halogenated alkanes) is 1. The Hall–Kier alpha value is -2.48. The molecule has 1 unspecified atom stereocenters. The first-order valence-corrected chi connectivity index (χ1v) is 6.81. The monoisotopic (exact) mass is 309 g/mol. The van der Waals surface area contributed by atoms with Gasteiger partial charge in [0.15, 0.2) is 0 Å². The van der Waals surface area contributed by atoms with Gasteiger partial charge in [0, 0.05) is 24.2 Å². The van der Waals surface area contributed by atoms with Gasteiger partial charge >= 0.3 is 5.97 Å². The molecule has 8 heteroatoms. The maximum atomic E-state index is 11.8. The molecule has 0 saturated heterocycles. The average Bonchev–Trinajstić information content (AvgIpc) is 2.53. The number of nitro benzene ring substituents is 1. The standard InChI is InChI=1S/C14H19N3O5/c1-22-14(19)12(15)4-2-3-9-16-13(18)10-5-7-11(8-6-10)17(20)21/h5-8,12H,2-4,9,15H2,1H3,(H,16,18). The second kappa shape index (κ2) is 8.73. The van der Waals surface area contributed by atoms with Crippen LogP contribution >= 0.6 is 0 Å². The summed E-state index contributed by atoms with van der Waals surface area (Å²) in [6, 6.07) is 4.73. The first-order valence-electron chi connectivity index (χ1n) is 6.81. The van der Waals surface area contributed by atoms with E-state index in [4.69, 9.17) is 5.73 Å². The molecule has 0 aliphatic carbocycles. The van der Waals surface area contributed by atoms with Crippen molar-refractivity contribution >= 4 is 17.6 Å². The Balaban J connectivity index is 2.29. The normalized spacial score (nSPS) is 11.5. The number of non-ortho nitro benzene ring substituents is 1. The van der Waals surface area contributed by atoms with Crippen LogP contribution in [0.2, 0.25) is 0 Å². The van der Waals surface area contributed by atoms with Gasteiger partial charge in [0.2, 0.25) is 0 Å². The number of rotatable bonds is 8. The van der Waals surface area contributed by atoms with Crippen LogP contribution in [0.5, 0.6) is 0 Å². The molecule has 1 atom stereocenters. The molecule has 0 fully saturated rings. The summed E-state index contributed by atoms with van der Waals surface area (Å²) in [5, 5.41) is 13.2. The molecule has 1 amide bonds. The lowest BCUT2D eigenvalue weighted by atomic mass is 10.1. The maximum Gasteiger partial charge on any atom is 0.322 e. The van der Waals surface area contributed by atoms with Gasteiger partial charge in [-0.2, -0.15) is 0 Å². The number of benzene rings is 1. The van der Waals surface area contributed by atoms with E-state index in [0.29, 0.717) is 31.4 Å². The number of hydrogen-bond donors (Lipinski definition) is 2. The van der Waals surface area contributed by atoms with Gasteiger partial charge in [-0.25, -0.2) is 0 Å². The molecular weight excluding hydrogens is 290 g/mol. The van der Waals surface area contributed by atoms with Crippen LogP contribution in [0.4, 0.5) is 5.69 Å². The van der Waals surface area contributed by atoms with Crippen molar-refractivity contribution in [1.29, 1.82) is 0 Å². The molecule has 1 rings (SSSR count). The molecule has 1 aromatic rings. The van der Waals surface area contributed by atoms with Crippen LogP contribution in [0.1, 0.15) is 29.6 Å². The van der Waals surface area contributed by atoms with Crippen LogP contribution in [0.25, 0.3) is 0 Å². The summed E-state index contributed by atoms with van der Waals surface area (Å²) < 4.78 is 4.51. The van der Waals surface area contributed by atoms with E-state index in [1.165, 1.54) is 31.4 Å². The fraction of sp³-hybridized carbons (Fsp3) is 0.429. The lowest BCUT2D eigenvalue weighted by molar-refractivity contribution is -0.384. The molecule has 120 valence electrons. The molecule has 0 heterocycles. The highest BCUT2D eigenvalue weighted by Crippen LogP contribution is 2.11. The van der Waals surface area contributed by atoms with Crippen molar-refractivity contribution in [2.45, 2.75) is 25.3 Å². The topological polar surface area (TPSA) is 125 Å². The molecule has 1 aromatic carbocycles. The van der Waals surface area contributed by atoms with Crippen LogP contribution < -0.4 is 11.1 Å². The number of nitrogens with zero attached hydrogens (tertiary/aromatic N) is 1. The quantitative estimate of drug-likeness (QED) is 0.319. The van der Waals surface area contributed by atoms with Gasteiger partial charge < -0.3 is 15.8 Å². The van der Waals surface area contributed by atoms with Crippen LogP contribution in [0.3, 0.4) is 0 Å². The average molecular weight is 309 g/mol. The summed E-state index contributed by atoms with van der Waals surface area (Å²) in [5.74, 6) is -0.748. The Morgan fingerprint density at radius 2 is 1.95 bits per heavy atom. The highest BCUT2D eigenvalue weighted by atomic mass is 16.6. The lowest BCUT2D eigenvalue weighted by Gasteiger charge is -2.09. The number of hydrogen-bond acceptors (Lipinski definition) is 6. The zero-order valence-corrected chi connectivity index (χ0v) is 12.3. The van der Waals surface area contributed by atoms with Crippen molar-refractivity contribution in [3.05, 3.63) is 39.9 Å². The Kier molecular flexibility index (Phi) is 6.97. The number of nitrogens with one attached hydrogen (secondary N) is 1. The molecule has 0 aromatic heterocycles. The van der Waals surface area contributed by atoms with Crippen LogP contribution in [-0.4, -0.2) is 36.5 Å². The van der Waals surface area contributed by atoms with E-state index in [2.05, 4.69) is 10.1 Å². The predicted molar refractivity (Wildman–Crippen MR) is 79.3 cm³/mol. The van der Waals surface area contributed by atoms with E-state index >= 15 is 0 Å². The second-order valence-electron chi connectivity index (χ2n) is 4.69. The zero-order chi connectivity index (χ0) is 16.5. The molecule has 8 nitrogen and oxygen atoms in total. The molecule has 0 aliphatic rings. The van der Waals surface area contributed by atoms with E-state index in [0.717, 1.165) is 0 Å². The summed E-state index contributed by atoms with van der Waals surface area (Å²) in [6.45, 7) is 0.434. The van der Waals surface area contributed by atoms with E-state index in [1.54, 1.807) is 0 Å². The number of ether oxygens (including phenoxy) is 1. The number of carbonyl (C=O) groups excluding carboxylic acids is 2. The number of amides is 1. The van der Waals surface area contributed by atoms with E-state index in [-0.39, 0.29) is 11.6 Å². The third-order valence-corrected chi connectivity index (χ3v) is 3.07. The first-order chi connectivity index (χ1) is 10.5. The molecule has 0 saturated carbocycles. The van der Waals surface area contributed by atoms with Crippen molar-refractivity contribution < 1.29 is 19.2 Å². The summed E-state index contributed by atoms with van der Waals surface area (Å²) in [7, 11) is 1.28. The third kappa shape index (κ3) is 5.49. The summed E-state index contributed by atoms with van der Waals surface area (Å²) in [5.41, 5.74) is 5.88. The largest absolute Gasteiger partial charge is 0.468 e. The fourth-order valence-electron chi connectivity index (χ4n) is 1.80. The van der Waals surface area contributed by atoms with Gasteiger partial charge in [-0.1, -0.05) is 0 Å². The van der Waals surface area contributed by atoms with Crippen molar-refractivity contribution in [2.24, 2.45) is 5.73 Å². The minimum Gasteiger partial charge on any atom is -0.468 e. The number of methoxy groups -OCH3 is 1. The molecule has 0 radical (unpaired) electrons. The zero-order valence-electron chi connectivity index (χ0n) is 12.3. The van der Waals surface area contributed by atoms with E-state index in [1.807, 2.05) is 0 Å². The van der Waals surface area contributed by atoms with Crippen molar-refractivity contribution in [3.63, 3.8) is 0 Å². The smallest absolute Gasteiger partial charge is 0.322 e. The van der Waals surface area contributed by atoms with Gasteiger partial charge in [0.05, 0.1) is 12.0 Å². The molecule has 0 spiro atoms. The lowest BCUT2D eigenvalue weighted by Crippen LogP contribution is -2.31. The number of carbonyl (C=O) groups is 2. The van der Waals surface area contributed by atoms with Crippen molar-refractivity contribution in [1.82, 2.24) is 5.32 Å². The van der Waals surface area contributed by atoms with Crippen molar-refractivity contribution in [2.75, 3.05) is 13.7 Å². The molecule has 0 aliphatic heterocycles. The van der Waals surface area contributed by atoms with Crippen LogP contribution in [0, 0.1) is 10.1 Å². The van der Waals surface area contributed by atoms with E-state index < -0.39 is 16.9 Å². The molecular formula is C14H19N3O5. The number of nitrogens with two attached hydrogens (primary N) is 1.